The Labute approximate surface area is 237 Å². The molecule has 0 spiro atoms. The summed E-state index contributed by atoms with van der Waals surface area (Å²) in [6.45, 7) is 3.29. The molecule has 2 atom stereocenters. The molecular weight excluding hydrogens is 557 g/mol. The lowest BCUT2D eigenvalue weighted by atomic mass is 10.1. The van der Waals surface area contributed by atoms with Gasteiger partial charge in [-0.3, -0.25) is 15.3 Å². The average molecular weight is 578 g/mol. The molecule has 12 heteroatoms. The Morgan fingerprint density at radius 2 is 1.95 bits per heavy atom. The molecule has 202 valence electrons. The van der Waals surface area contributed by atoms with Crippen LogP contribution in [-0.2, 0) is 4.74 Å². The lowest BCUT2D eigenvalue weighted by Gasteiger charge is -2.22. The highest BCUT2D eigenvalue weighted by Crippen LogP contribution is 2.38. The number of nitrogens with zero attached hydrogens (tertiary/aromatic N) is 4. The summed E-state index contributed by atoms with van der Waals surface area (Å²) >= 11 is 7.72. The molecule has 0 aliphatic rings. The maximum atomic E-state index is 15.0. The molecule has 0 radical (unpaired) electrons. The lowest BCUT2D eigenvalue weighted by molar-refractivity contribution is 0.0402. The zero-order chi connectivity index (χ0) is 28.4. The number of amides is 1. The average Bonchev–Trinajstić information content (AvgIpc) is 3.34. The van der Waals surface area contributed by atoms with Crippen molar-refractivity contribution in [1.82, 2.24) is 15.0 Å². The molecule has 0 aliphatic heterocycles. The fourth-order valence-corrected chi connectivity index (χ4v) is 5.10. The molecule has 5 rings (SSSR count). The van der Waals surface area contributed by atoms with Crippen LogP contribution in [-0.4, -0.2) is 40.4 Å². The van der Waals surface area contributed by atoms with Crippen molar-refractivity contribution in [2.75, 3.05) is 12.4 Å². The second-order valence-corrected chi connectivity index (χ2v) is 10.3. The van der Waals surface area contributed by atoms with E-state index in [1.807, 2.05) is 12.1 Å². The van der Waals surface area contributed by atoms with Crippen molar-refractivity contribution in [1.29, 1.82) is 5.26 Å². The molecule has 0 bridgehead atoms. The molecule has 5 aromatic rings. The first-order chi connectivity index (χ1) is 19.2. The van der Waals surface area contributed by atoms with Crippen molar-refractivity contribution < 1.29 is 23.4 Å². The minimum Gasteiger partial charge on any atom is -0.495 e. The van der Waals surface area contributed by atoms with Crippen LogP contribution in [0.4, 0.5) is 14.9 Å². The van der Waals surface area contributed by atoms with Crippen LogP contribution in [0.3, 0.4) is 0 Å². The van der Waals surface area contributed by atoms with Gasteiger partial charge in [0.1, 0.15) is 29.0 Å². The second kappa shape index (κ2) is 11.3. The quantitative estimate of drug-likeness (QED) is 0.220. The van der Waals surface area contributed by atoms with E-state index in [1.54, 1.807) is 45.4 Å². The van der Waals surface area contributed by atoms with Gasteiger partial charge in [0.15, 0.2) is 11.6 Å². The fourth-order valence-electron chi connectivity index (χ4n) is 3.88. The van der Waals surface area contributed by atoms with E-state index in [-0.39, 0.29) is 5.75 Å². The van der Waals surface area contributed by atoms with Crippen molar-refractivity contribution in [2.24, 2.45) is 0 Å². The molecule has 9 nitrogen and oxygen atoms in total. The maximum absolute atomic E-state index is 15.0. The van der Waals surface area contributed by atoms with Crippen LogP contribution >= 0.6 is 22.9 Å². The number of halogens is 2. The third kappa shape index (κ3) is 5.73. The molecular formula is C28H21ClFN5O4S. The monoisotopic (exact) mass is 577 g/mol. The van der Waals surface area contributed by atoms with E-state index in [0.29, 0.717) is 48.3 Å². The van der Waals surface area contributed by atoms with Gasteiger partial charge in [-0.15, -0.1) is 11.3 Å². The summed E-state index contributed by atoms with van der Waals surface area (Å²) in [7, 11) is 1.56. The van der Waals surface area contributed by atoms with Crippen molar-refractivity contribution in [3.8, 4) is 28.1 Å². The number of carbonyl (C=O) groups excluding carboxylic acids is 1. The normalized spacial score (nSPS) is 12.5. The Hall–Kier alpha value is -4.53. The van der Waals surface area contributed by atoms with Crippen molar-refractivity contribution in [3.63, 3.8) is 0 Å². The third-order valence-corrected chi connectivity index (χ3v) is 7.28. The molecule has 0 saturated heterocycles. The molecule has 0 fully saturated rings. The Balaban J connectivity index is 1.34. The smallest absolute Gasteiger partial charge is 0.412 e. The predicted molar refractivity (Wildman–Crippen MR) is 150 cm³/mol. The number of rotatable bonds is 7. The first kappa shape index (κ1) is 27.1. The summed E-state index contributed by atoms with van der Waals surface area (Å²) in [5.74, 6) is -0.00857. The topological polar surface area (TPSA) is 119 Å². The SMILES string of the molecule is COc1cnc2c(-c3nc4cc(F)c(O[C@@H](C)[C@@H](C)OC(=O)Nc5cncc(C#N)c5)cc4s3)cc(Cl)cc2c1. The highest BCUT2D eigenvalue weighted by molar-refractivity contribution is 7.21. The molecule has 1 N–H and O–H groups in total. The maximum Gasteiger partial charge on any atom is 0.412 e. The van der Waals surface area contributed by atoms with Gasteiger partial charge in [-0.25, -0.2) is 14.2 Å². The minimum absolute atomic E-state index is 0.00390. The van der Waals surface area contributed by atoms with E-state index in [9.17, 15) is 4.79 Å². The number of thiazole rings is 1. The predicted octanol–water partition coefficient (Wildman–Crippen LogP) is 6.98. The molecule has 40 heavy (non-hydrogen) atoms. The van der Waals surface area contributed by atoms with Crippen LogP contribution < -0.4 is 14.8 Å². The molecule has 3 aromatic heterocycles. The van der Waals surface area contributed by atoms with Gasteiger partial charge in [0.05, 0.1) is 46.5 Å². The van der Waals surface area contributed by atoms with Gasteiger partial charge in [0.25, 0.3) is 0 Å². The number of hydrogen-bond acceptors (Lipinski definition) is 9. The number of ether oxygens (including phenoxy) is 3. The summed E-state index contributed by atoms with van der Waals surface area (Å²) in [6.07, 6.45) is 2.19. The zero-order valence-electron chi connectivity index (χ0n) is 21.4. The Morgan fingerprint density at radius 1 is 1.12 bits per heavy atom. The van der Waals surface area contributed by atoms with Gasteiger partial charge >= 0.3 is 6.09 Å². The number of carbonyl (C=O) groups is 1. The number of pyridine rings is 2. The van der Waals surface area contributed by atoms with Crippen molar-refractivity contribution >= 4 is 55.8 Å². The summed E-state index contributed by atoms with van der Waals surface area (Å²) < 4.78 is 32.2. The standard InChI is InChI=1S/C28H21ClFN5O4S/c1-14(15(2)39-28(36)34-19-4-16(10-31)11-32-12-19)38-24-9-25-23(8-22(24)30)35-27(40-25)21-7-18(29)5-17-6-20(37-3)13-33-26(17)21/h4-9,11-15H,1-3H3,(H,34,36)/t14-,15+/m0/s1. The number of fused-ring (bicyclic) bond motifs is 2. The van der Waals surface area contributed by atoms with E-state index in [4.69, 9.17) is 31.1 Å². The van der Waals surface area contributed by atoms with Gasteiger partial charge in [-0.05, 0) is 38.1 Å². The summed E-state index contributed by atoms with van der Waals surface area (Å²) in [5.41, 5.74) is 2.46. The van der Waals surface area contributed by atoms with Crippen LogP contribution in [0.1, 0.15) is 19.4 Å². The summed E-state index contributed by atoms with van der Waals surface area (Å²) in [4.78, 5) is 25.3. The van der Waals surface area contributed by atoms with Gasteiger partial charge in [-0.2, -0.15) is 5.26 Å². The van der Waals surface area contributed by atoms with Crippen LogP contribution in [0.5, 0.6) is 11.5 Å². The highest BCUT2D eigenvalue weighted by Gasteiger charge is 2.22. The van der Waals surface area contributed by atoms with E-state index < -0.39 is 24.1 Å². The van der Waals surface area contributed by atoms with E-state index >= 15 is 4.39 Å². The molecule has 0 aliphatic carbocycles. The second-order valence-electron chi connectivity index (χ2n) is 8.80. The third-order valence-electron chi connectivity index (χ3n) is 6.01. The number of nitrogens with one attached hydrogen (secondary N) is 1. The van der Waals surface area contributed by atoms with E-state index in [2.05, 4.69) is 20.3 Å². The molecule has 0 unspecified atom stereocenters. The van der Waals surface area contributed by atoms with Crippen LogP contribution in [0, 0.1) is 17.1 Å². The van der Waals surface area contributed by atoms with Gasteiger partial charge in [0.2, 0.25) is 0 Å². The van der Waals surface area contributed by atoms with Crippen LogP contribution in [0.15, 0.2) is 55.0 Å². The first-order valence-corrected chi connectivity index (χ1v) is 13.2. The zero-order valence-corrected chi connectivity index (χ0v) is 23.0. The number of aromatic nitrogens is 3. The van der Waals surface area contributed by atoms with E-state index in [1.165, 1.54) is 35.9 Å². The van der Waals surface area contributed by atoms with Crippen molar-refractivity contribution in [2.45, 2.75) is 26.1 Å². The minimum atomic E-state index is -0.761. The molecule has 0 saturated carbocycles. The van der Waals surface area contributed by atoms with Crippen molar-refractivity contribution in [3.05, 3.63) is 71.4 Å². The highest BCUT2D eigenvalue weighted by atomic mass is 35.5. The van der Waals surface area contributed by atoms with Gasteiger partial charge < -0.3 is 14.2 Å². The lowest BCUT2D eigenvalue weighted by Crippen LogP contribution is -2.32. The number of nitriles is 1. The number of methoxy groups -OCH3 is 1. The van der Waals surface area contributed by atoms with E-state index in [0.717, 1.165) is 5.39 Å². The Morgan fingerprint density at radius 3 is 2.73 bits per heavy atom. The largest absolute Gasteiger partial charge is 0.495 e. The van der Waals surface area contributed by atoms with Gasteiger partial charge in [0, 0.05) is 34.3 Å². The number of hydrogen-bond donors (Lipinski definition) is 1. The number of anilines is 1. The van der Waals surface area contributed by atoms with Gasteiger partial charge in [-0.1, -0.05) is 11.6 Å². The molecule has 3 heterocycles. The number of benzene rings is 2. The Kier molecular flexibility index (Phi) is 7.64. The van der Waals surface area contributed by atoms with Crippen LogP contribution in [0.2, 0.25) is 5.02 Å². The molecule has 2 aromatic carbocycles. The molecule has 1 amide bonds. The Bertz CT molecular complexity index is 1790. The first-order valence-electron chi connectivity index (χ1n) is 12.0. The fraction of sp³-hybridized carbons (Fsp3) is 0.179. The summed E-state index contributed by atoms with van der Waals surface area (Å²) in [5, 5.41) is 13.4. The van der Waals surface area contributed by atoms with Crippen LogP contribution in [0.25, 0.3) is 31.7 Å². The summed E-state index contributed by atoms with van der Waals surface area (Å²) in [6, 6.07) is 11.7.